The molecule has 0 saturated heterocycles. The molecule has 9 heteroatoms. The number of aryl methyl sites for hydroxylation is 1. The maximum absolute atomic E-state index is 12.7. The van der Waals surface area contributed by atoms with E-state index in [0.717, 1.165) is 5.56 Å². The molecule has 0 spiro atoms. The summed E-state index contributed by atoms with van der Waals surface area (Å²) in [6.07, 6.45) is 4.56. The fraction of sp³-hybridized carbons (Fsp3) is 0.158. The quantitative estimate of drug-likeness (QED) is 0.517. The largest absolute Gasteiger partial charge is 0.493 e. The van der Waals surface area contributed by atoms with E-state index >= 15 is 0 Å². The fourth-order valence-electron chi connectivity index (χ4n) is 2.74. The SMILES string of the molecule is COc1cc(C)c(NC(=O)c2ccc(-n3ccnc3)c([N+](=O)[O-])c2)cc1OC. The van der Waals surface area contributed by atoms with E-state index in [2.05, 4.69) is 10.3 Å². The number of nitrogens with zero attached hydrogens (tertiary/aromatic N) is 3. The standard InChI is InChI=1S/C19H18N4O5/c1-12-8-17(27-2)18(28-3)10-14(12)21-19(24)13-4-5-15(16(9-13)23(25)26)22-7-6-20-11-22/h4-11H,1-3H3,(H,21,24). The molecule has 0 radical (unpaired) electrons. The van der Waals surface area contributed by atoms with E-state index in [9.17, 15) is 14.9 Å². The van der Waals surface area contributed by atoms with Crippen LogP contribution in [-0.4, -0.2) is 34.6 Å². The van der Waals surface area contributed by atoms with Crippen LogP contribution < -0.4 is 14.8 Å². The normalized spacial score (nSPS) is 10.4. The van der Waals surface area contributed by atoms with Crippen LogP contribution in [-0.2, 0) is 0 Å². The van der Waals surface area contributed by atoms with Crippen molar-refractivity contribution in [2.75, 3.05) is 19.5 Å². The van der Waals surface area contributed by atoms with Crippen molar-refractivity contribution in [3.63, 3.8) is 0 Å². The van der Waals surface area contributed by atoms with Gasteiger partial charge in [0.2, 0.25) is 0 Å². The van der Waals surface area contributed by atoms with Crippen LogP contribution in [0.2, 0.25) is 0 Å². The van der Waals surface area contributed by atoms with E-state index in [0.29, 0.717) is 22.9 Å². The number of rotatable bonds is 6. The second-order valence-corrected chi connectivity index (χ2v) is 5.91. The van der Waals surface area contributed by atoms with Crippen molar-refractivity contribution in [2.24, 2.45) is 0 Å². The van der Waals surface area contributed by atoms with Crippen molar-refractivity contribution in [1.29, 1.82) is 0 Å². The van der Waals surface area contributed by atoms with Crippen LogP contribution in [0.1, 0.15) is 15.9 Å². The summed E-state index contributed by atoms with van der Waals surface area (Å²) in [6.45, 7) is 1.81. The first-order chi connectivity index (χ1) is 13.4. The highest BCUT2D eigenvalue weighted by atomic mass is 16.6. The molecule has 3 aromatic rings. The van der Waals surface area contributed by atoms with Crippen molar-refractivity contribution in [2.45, 2.75) is 6.92 Å². The number of imidazole rings is 1. The third-order valence-electron chi connectivity index (χ3n) is 4.20. The van der Waals surface area contributed by atoms with E-state index in [1.165, 1.54) is 49.5 Å². The van der Waals surface area contributed by atoms with Gasteiger partial charge in [-0.1, -0.05) is 0 Å². The first-order valence-corrected chi connectivity index (χ1v) is 8.25. The minimum atomic E-state index is -0.534. The summed E-state index contributed by atoms with van der Waals surface area (Å²) in [5.74, 6) is 0.527. The summed E-state index contributed by atoms with van der Waals surface area (Å²) in [6, 6.07) is 7.64. The van der Waals surface area contributed by atoms with Gasteiger partial charge in [-0.3, -0.25) is 14.9 Å². The van der Waals surface area contributed by atoms with Gasteiger partial charge in [-0.15, -0.1) is 0 Å². The third-order valence-corrected chi connectivity index (χ3v) is 4.20. The van der Waals surface area contributed by atoms with Gasteiger partial charge in [-0.2, -0.15) is 0 Å². The van der Waals surface area contributed by atoms with Gasteiger partial charge in [0.05, 0.1) is 25.5 Å². The Labute approximate surface area is 160 Å². The number of ether oxygens (including phenoxy) is 2. The minimum Gasteiger partial charge on any atom is -0.493 e. The van der Waals surface area contributed by atoms with E-state index < -0.39 is 10.8 Å². The fourth-order valence-corrected chi connectivity index (χ4v) is 2.74. The Kier molecular flexibility index (Phi) is 5.25. The molecule has 1 amide bonds. The van der Waals surface area contributed by atoms with Crippen LogP contribution in [0, 0.1) is 17.0 Å². The monoisotopic (exact) mass is 382 g/mol. The van der Waals surface area contributed by atoms with Gasteiger partial charge < -0.3 is 19.4 Å². The number of nitro groups is 1. The van der Waals surface area contributed by atoms with Gasteiger partial charge in [0.25, 0.3) is 11.6 Å². The van der Waals surface area contributed by atoms with Crippen LogP contribution in [0.15, 0.2) is 49.1 Å². The highest BCUT2D eigenvalue weighted by Gasteiger charge is 2.19. The second-order valence-electron chi connectivity index (χ2n) is 5.91. The van der Waals surface area contributed by atoms with Gasteiger partial charge in [0, 0.05) is 35.8 Å². The molecule has 0 aliphatic carbocycles. The predicted molar refractivity (Wildman–Crippen MR) is 102 cm³/mol. The molecular formula is C19H18N4O5. The zero-order valence-electron chi connectivity index (χ0n) is 15.5. The van der Waals surface area contributed by atoms with Gasteiger partial charge in [-0.25, -0.2) is 4.98 Å². The topological polar surface area (TPSA) is 109 Å². The summed E-state index contributed by atoms with van der Waals surface area (Å²) >= 11 is 0. The lowest BCUT2D eigenvalue weighted by molar-refractivity contribution is -0.384. The first-order valence-electron chi connectivity index (χ1n) is 8.25. The predicted octanol–water partition coefficient (Wildman–Crippen LogP) is 3.36. The summed E-state index contributed by atoms with van der Waals surface area (Å²) in [7, 11) is 3.02. The number of benzene rings is 2. The smallest absolute Gasteiger partial charge is 0.294 e. The van der Waals surface area contributed by atoms with Crippen LogP contribution in [0.5, 0.6) is 11.5 Å². The summed E-state index contributed by atoms with van der Waals surface area (Å²) in [4.78, 5) is 27.5. The van der Waals surface area contributed by atoms with Crippen molar-refractivity contribution in [3.05, 3.63) is 70.3 Å². The van der Waals surface area contributed by atoms with Crippen molar-refractivity contribution in [1.82, 2.24) is 9.55 Å². The molecule has 9 nitrogen and oxygen atoms in total. The zero-order valence-corrected chi connectivity index (χ0v) is 15.5. The lowest BCUT2D eigenvalue weighted by Crippen LogP contribution is -2.14. The van der Waals surface area contributed by atoms with Gasteiger partial charge in [-0.05, 0) is 30.7 Å². The third kappa shape index (κ3) is 3.63. The number of hydrogen-bond acceptors (Lipinski definition) is 6. The summed E-state index contributed by atoms with van der Waals surface area (Å²) < 4.78 is 12.0. The van der Waals surface area contributed by atoms with Crippen LogP contribution in [0.4, 0.5) is 11.4 Å². The Morgan fingerprint density at radius 3 is 2.50 bits per heavy atom. The number of methoxy groups -OCH3 is 2. The Balaban J connectivity index is 1.93. The molecule has 0 aliphatic rings. The molecule has 1 heterocycles. The molecule has 0 unspecified atom stereocenters. The number of hydrogen-bond donors (Lipinski definition) is 1. The molecular weight excluding hydrogens is 364 g/mol. The molecule has 0 aliphatic heterocycles. The molecule has 28 heavy (non-hydrogen) atoms. The number of aromatic nitrogens is 2. The lowest BCUT2D eigenvalue weighted by atomic mass is 10.1. The number of carbonyl (C=O) groups excluding carboxylic acids is 1. The Morgan fingerprint density at radius 1 is 1.18 bits per heavy atom. The molecule has 2 aromatic carbocycles. The number of amides is 1. The molecule has 3 rings (SSSR count). The summed E-state index contributed by atoms with van der Waals surface area (Å²) in [5.41, 5.74) is 1.56. The zero-order chi connectivity index (χ0) is 20.3. The van der Waals surface area contributed by atoms with Crippen LogP contribution in [0.3, 0.4) is 0 Å². The van der Waals surface area contributed by atoms with Gasteiger partial charge in [0.15, 0.2) is 11.5 Å². The average Bonchev–Trinajstić information content (AvgIpc) is 3.23. The lowest BCUT2D eigenvalue weighted by Gasteiger charge is -2.14. The number of nitrogens with one attached hydrogen (secondary N) is 1. The number of carbonyl (C=O) groups is 1. The first kappa shape index (κ1) is 18.9. The van der Waals surface area contributed by atoms with E-state index in [-0.39, 0.29) is 11.3 Å². The maximum Gasteiger partial charge on any atom is 0.294 e. The van der Waals surface area contributed by atoms with E-state index in [1.807, 2.05) is 6.92 Å². The minimum absolute atomic E-state index is 0.157. The summed E-state index contributed by atoms with van der Waals surface area (Å²) in [5, 5.41) is 14.2. The molecule has 0 saturated carbocycles. The highest BCUT2D eigenvalue weighted by molar-refractivity contribution is 6.05. The van der Waals surface area contributed by atoms with E-state index in [1.54, 1.807) is 18.3 Å². The average molecular weight is 382 g/mol. The number of anilines is 1. The Hall–Kier alpha value is -3.88. The Bertz CT molecular complexity index is 1030. The van der Waals surface area contributed by atoms with Crippen molar-refractivity contribution < 1.29 is 19.2 Å². The number of nitro benzene ring substituents is 1. The highest BCUT2D eigenvalue weighted by Crippen LogP contribution is 2.33. The molecule has 1 aromatic heterocycles. The molecule has 0 bridgehead atoms. The molecule has 1 N–H and O–H groups in total. The van der Waals surface area contributed by atoms with Gasteiger partial charge >= 0.3 is 0 Å². The molecule has 0 atom stereocenters. The second kappa shape index (κ2) is 7.78. The van der Waals surface area contributed by atoms with E-state index in [4.69, 9.17) is 9.47 Å². The van der Waals surface area contributed by atoms with Gasteiger partial charge in [0.1, 0.15) is 5.69 Å². The molecule has 0 fully saturated rings. The van der Waals surface area contributed by atoms with Crippen LogP contribution >= 0.6 is 0 Å². The maximum atomic E-state index is 12.7. The van der Waals surface area contributed by atoms with Crippen molar-refractivity contribution in [3.8, 4) is 17.2 Å². The molecule has 144 valence electrons. The Morgan fingerprint density at radius 2 is 1.89 bits per heavy atom. The van der Waals surface area contributed by atoms with Crippen LogP contribution in [0.25, 0.3) is 5.69 Å². The van der Waals surface area contributed by atoms with Crippen molar-refractivity contribution >= 4 is 17.3 Å².